The second-order valence-electron chi connectivity index (χ2n) is 5.09. The van der Waals surface area contributed by atoms with Crippen LogP contribution in [0.25, 0.3) is 0 Å². The van der Waals surface area contributed by atoms with Gasteiger partial charge in [-0.2, -0.15) is 0 Å². The second-order valence-corrected chi connectivity index (χ2v) is 5.52. The Morgan fingerprint density at radius 1 is 1.09 bits per heavy atom. The fourth-order valence-electron chi connectivity index (χ4n) is 2.04. The van der Waals surface area contributed by atoms with Gasteiger partial charge in [0.05, 0.1) is 6.54 Å². The normalized spacial score (nSPS) is 10.2. The van der Waals surface area contributed by atoms with Gasteiger partial charge >= 0.3 is 6.03 Å². The molecule has 0 heterocycles. The Morgan fingerprint density at radius 2 is 1.87 bits per heavy atom. The molecule has 0 unspecified atom stereocenters. The molecule has 2 amide bonds. The first-order valence-electron chi connectivity index (χ1n) is 7.65. The van der Waals surface area contributed by atoms with Gasteiger partial charge in [0.15, 0.2) is 0 Å². The molecular formula is C18H21ClN2O2. The van der Waals surface area contributed by atoms with Gasteiger partial charge in [-0.15, -0.1) is 0 Å². The predicted octanol–water partition coefficient (Wildman–Crippen LogP) is 3.78. The molecular weight excluding hydrogens is 312 g/mol. The van der Waals surface area contributed by atoms with Gasteiger partial charge in [0.25, 0.3) is 0 Å². The van der Waals surface area contributed by atoms with Crippen molar-refractivity contribution in [3.8, 4) is 5.75 Å². The van der Waals surface area contributed by atoms with E-state index in [0.717, 1.165) is 17.7 Å². The third-order valence-electron chi connectivity index (χ3n) is 3.33. The number of hydrogen-bond acceptors (Lipinski definition) is 2. The summed E-state index contributed by atoms with van der Waals surface area (Å²) in [6.07, 6.45) is 0.975. The van der Waals surface area contributed by atoms with Gasteiger partial charge < -0.3 is 15.4 Å². The Kier molecular flexibility index (Phi) is 6.76. The summed E-state index contributed by atoms with van der Waals surface area (Å²) in [5, 5.41) is 6.23. The average molecular weight is 333 g/mol. The maximum Gasteiger partial charge on any atom is 0.315 e. The van der Waals surface area contributed by atoms with Crippen molar-refractivity contribution in [3.63, 3.8) is 0 Å². The largest absolute Gasteiger partial charge is 0.492 e. The quantitative estimate of drug-likeness (QED) is 0.758. The maximum absolute atomic E-state index is 11.7. The highest BCUT2D eigenvalue weighted by Gasteiger charge is 2.01. The van der Waals surface area contributed by atoms with E-state index in [1.807, 2.05) is 30.3 Å². The van der Waals surface area contributed by atoms with Crippen LogP contribution in [-0.4, -0.2) is 19.2 Å². The van der Waals surface area contributed by atoms with Gasteiger partial charge in [0.1, 0.15) is 12.4 Å². The zero-order valence-corrected chi connectivity index (χ0v) is 13.9. The van der Waals surface area contributed by atoms with Gasteiger partial charge in [0, 0.05) is 11.6 Å². The molecule has 2 aromatic carbocycles. The number of halogens is 1. The predicted molar refractivity (Wildman–Crippen MR) is 93.0 cm³/mol. The molecule has 0 spiro atoms. The van der Waals surface area contributed by atoms with E-state index in [2.05, 4.69) is 23.6 Å². The van der Waals surface area contributed by atoms with E-state index in [9.17, 15) is 4.79 Å². The molecule has 0 atom stereocenters. The number of aryl methyl sites for hydroxylation is 1. The number of carbonyl (C=O) groups excluding carboxylic acids is 1. The van der Waals surface area contributed by atoms with E-state index < -0.39 is 0 Å². The molecule has 2 aromatic rings. The Hall–Kier alpha value is -2.20. The smallest absolute Gasteiger partial charge is 0.315 e. The number of hydrogen-bond donors (Lipinski definition) is 2. The summed E-state index contributed by atoms with van der Waals surface area (Å²) in [6.45, 7) is 3.44. The van der Waals surface area contributed by atoms with Crippen molar-refractivity contribution in [1.29, 1.82) is 0 Å². The maximum atomic E-state index is 11.7. The Balaban J connectivity index is 1.63. The summed E-state index contributed by atoms with van der Waals surface area (Å²) < 4.78 is 5.62. The molecule has 23 heavy (non-hydrogen) atoms. The fraction of sp³-hybridized carbons (Fsp3) is 0.278. The fourth-order valence-corrected chi connectivity index (χ4v) is 2.16. The van der Waals surface area contributed by atoms with Crippen molar-refractivity contribution in [2.45, 2.75) is 19.9 Å². The molecule has 0 fully saturated rings. The molecule has 0 saturated heterocycles. The first kappa shape index (κ1) is 17.2. The molecule has 0 aliphatic carbocycles. The SMILES string of the molecule is CCc1cccc(OCCNC(=O)NCc2ccc(Cl)cc2)c1. The van der Waals surface area contributed by atoms with Crippen LogP contribution in [0.5, 0.6) is 5.75 Å². The van der Waals surface area contributed by atoms with E-state index in [1.54, 1.807) is 12.1 Å². The minimum absolute atomic E-state index is 0.217. The molecule has 4 nitrogen and oxygen atoms in total. The zero-order chi connectivity index (χ0) is 16.5. The lowest BCUT2D eigenvalue weighted by Gasteiger charge is -2.10. The lowest BCUT2D eigenvalue weighted by atomic mass is 10.2. The van der Waals surface area contributed by atoms with Crippen LogP contribution in [0, 0.1) is 0 Å². The number of ether oxygens (including phenoxy) is 1. The molecule has 0 radical (unpaired) electrons. The summed E-state index contributed by atoms with van der Waals surface area (Å²) in [7, 11) is 0. The molecule has 122 valence electrons. The van der Waals surface area contributed by atoms with Gasteiger partial charge in [-0.1, -0.05) is 42.8 Å². The molecule has 5 heteroatoms. The highest BCUT2D eigenvalue weighted by Crippen LogP contribution is 2.13. The monoisotopic (exact) mass is 332 g/mol. The third kappa shape index (κ3) is 6.20. The summed E-state index contributed by atoms with van der Waals surface area (Å²) in [6, 6.07) is 15.1. The summed E-state index contributed by atoms with van der Waals surface area (Å²) >= 11 is 5.81. The first-order chi connectivity index (χ1) is 11.2. The second kappa shape index (κ2) is 9.06. The van der Waals surface area contributed by atoms with Crippen molar-refractivity contribution in [2.24, 2.45) is 0 Å². The third-order valence-corrected chi connectivity index (χ3v) is 3.58. The number of rotatable bonds is 7. The Bertz CT molecular complexity index is 629. The molecule has 0 saturated carbocycles. The number of benzene rings is 2. The summed E-state index contributed by atoms with van der Waals surface area (Å²) in [4.78, 5) is 11.7. The molecule has 0 aliphatic heterocycles. The lowest BCUT2D eigenvalue weighted by Crippen LogP contribution is -2.37. The van der Waals surface area contributed by atoms with Crippen molar-refractivity contribution in [1.82, 2.24) is 10.6 Å². The van der Waals surface area contributed by atoms with E-state index in [1.165, 1.54) is 5.56 Å². The Morgan fingerprint density at radius 3 is 2.61 bits per heavy atom. The van der Waals surface area contributed by atoms with Crippen molar-refractivity contribution >= 4 is 17.6 Å². The number of amides is 2. The van der Waals surface area contributed by atoms with E-state index in [4.69, 9.17) is 16.3 Å². The van der Waals surface area contributed by atoms with Crippen LogP contribution in [0.3, 0.4) is 0 Å². The van der Waals surface area contributed by atoms with Gasteiger partial charge in [0.2, 0.25) is 0 Å². The topological polar surface area (TPSA) is 50.4 Å². The van der Waals surface area contributed by atoms with Crippen LogP contribution in [0.1, 0.15) is 18.1 Å². The first-order valence-corrected chi connectivity index (χ1v) is 8.03. The van der Waals surface area contributed by atoms with Gasteiger partial charge in [-0.05, 0) is 41.8 Å². The van der Waals surface area contributed by atoms with Crippen LogP contribution < -0.4 is 15.4 Å². The minimum atomic E-state index is -0.217. The zero-order valence-electron chi connectivity index (χ0n) is 13.1. The van der Waals surface area contributed by atoms with Crippen molar-refractivity contribution < 1.29 is 9.53 Å². The molecule has 0 bridgehead atoms. The Labute approximate surface area is 141 Å². The van der Waals surface area contributed by atoms with Crippen LogP contribution in [-0.2, 0) is 13.0 Å². The number of nitrogens with one attached hydrogen (secondary N) is 2. The van der Waals surface area contributed by atoms with Crippen molar-refractivity contribution in [3.05, 3.63) is 64.7 Å². The van der Waals surface area contributed by atoms with E-state index >= 15 is 0 Å². The van der Waals surface area contributed by atoms with Crippen molar-refractivity contribution in [2.75, 3.05) is 13.2 Å². The number of urea groups is 1. The van der Waals surface area contributed by atoms with E-state index in [-0.39, 0.29) is 6.03 Å². The average Bonchev–Trinajstić information content (AvgIpc) is 2.58. The molecule has 2 N–H and O–H groups in total. The summed E-state index contributed by atoms with van der Waals surface area (Å²) in [5.41, 5.74) is 2.23. The molecule has 2 rings (SSSR count). The number of carbonyl (C=O) groups is 1. The van der Waals surface area contributed by atoms with Crippen LogP contribution in [0.15, 0.2) is 48.5 Å². The van der Waals surface area contributed by atoms with Gasteiger partial charge in [-0.3, -0.25) is 0 Å². The highest BCUT2D eigenvalue weighted by atomic mass is 35.5. The standard InChI is InChI=1S/C18H21ClN2O2/c1-2-14-4-3-5-17(12-14)23-11-10-20-18(22)21-13-15-6-8-16(19)9-7-15/h3-9,12H,2,10-11,13H2,1H3,(H2,20,21,22). The summed E-state index contributed by atoms with van der Waals surface area (Å²) in [5.74, 6) is 0.827. The molecule has 0 aromatic heterocycles. The minimum Gasteiger partial charge on any atom is -0.492 e. The van der Waals surface area contributed by atoms with Crippen LogP contribution in [0.2, 0.25) is 5.02 Å². The van der Waals surface area contributed by atoms with Gasteiger partial charge in [-0.25, -0.2) is 4.79 Å². The van der Waals surface area contributed by atoms with Crippen LogP contribution >= 0.6 is 11.6 Å². The van der Waals surface area contributed by atoms with Crippen LogP contribution in [0.4, 0.5) is 4.79 Å². The highest BCUT2D eigenvalue weighted by molar-refractivity contribution is 6.30. The molecule has 0 aliphatic rings. The van der Waals surface area contributed by atoms with E-state index in [0.29, 0.717) is 24.7 Å². The lowest BCUT2D eigenvalue weighted by molar-refractivity contribution is 0.236.